The second kappa shape index (κ2) is 4.53. The Balaban J connectivity index is 2.09. The fraction of sp³-hybridized carbons (Fsp3) is 0.333. The van der Waals surface area contributed by atoms with Gasteiger partial charge in [0.05, 0.1) is 12.3 Å². The summed E-state index contributed by atoms with van der Waals surface area (Å²) in [6.45, 7) is 4.79. The van der Waals surface area contributed by atoms with Crippen molar-refractivity contribution in [3.05, 3.63) is 45.9 Å². The summed E-state index contributed by atoms with van der Waals surface area (Å²) in [5.74, 6) is 1.80. The van der Waals surface area contributed by atoms with Gasteiger partial charge in [0.25, 0.3) is 5.56 Å². The summed E-state index contributed by atoms with van der Waals surface area (Å²) in [4.78, 5) is 19.0. The van der Waals surface area contributed by atoms with E-state index in [1.165, 1.54) is 5.56 Å². The molecule has 1 aliphatic rings. The van der Waals surface area contributed by atoms with Crippen LogP contribution in [0.3, 0.4) is 0 Å². The lowest BCUT2D eigenvalue weighted by Gasteiger charge is -2.08. The number of rotatable bonds is 2. The maximum absolute atomic E-state index is 11.7. The number of ether oxygens (including phenoxy) is 1. The van der Waals surface area contributed by atoms with Crippen molar-refractivity contribution >= 4 is 0 Å². The average molecular weight is 256 g/mol. The van der Waals surface area contributed by atoms with Gasteiger partial charge in [0.2, 0.25) is 0 Å². The lowest BCUT2D eigenvalue weighted by Crippen LogP contribution is -2.11. The highest BCUT2D eigenvalue weighted by atomic mass is 16.5. The minimum absolute atomic E-state index is 0.106. The van der Waals surface area contributed by atoms with Crippen LogP contribution in [0.2, 0.25) is 0 Å². The highest BCUT2D eigenvalue weighted by molar-refractivity contribution is 5.59. The molecule has 1 N–H and O–H groups in total. The Morgan fingerprint density at radius 1 is 1.32 bits per heavy atom. The van der Waals surface area contributed by atoms with E-state index in [4.69, 9.17) is 4.74 Å². The zero-order valence-corrected chi connectivity index (χ0v) is 11.1. The standard InChI is InChI=1S/C15H16N2O2/c1-9(2)12-8-14(18)17-15(16-12)11-3-4-13-10(7-11)5-6-19-13/h3-4,7-9H,5-6H2,1-2H3,(H,16,17,18). The molecule has 4 heteroatoms. The zero-order chi connectivity index (χ0) is 13.4. The molecular formula is C15H16N2O2. The molecule has 0 spiro atoms. The Bertz CT molecular complexity index is 674. The Kier molecular flexibility index (Phi) is 2.85. The minimum atomic E-state index is -0.106. The molecular weight excluding hydrogens is 240 g/mol. The van der Waals surface area contributed by atoms with Crippen molar-refractivity contribution in [2.75, 3.05) is 6.61 Å². The summed E-state index contributed by atoms with van der Waals surface area (Å²) >= 11 is 0. The molecule has 3 rings (SSSR count). The molecule has 0 saturated carbocycles. The predicted molar refractivity (Wildman–Crippen MR) is 73.6 cm³/mol. The van der Waals surface area contributed by atoms with E-state index in [1.807, 2.05) is 32.0 Å². The van der Waals surface area contributed by atoms with Crippen molar-refractivity contribution in [2.45, 2.75) is 26.2 Å². The number of H-pyrrole nitrogens is 1. The van der Waals surface area contributed by atoms with Crippen molar-refractivity contribution in [1.82, 2.24) is 9.97 Å². The van der Waals surface area contributed by atoms with E-state index in [9.17, 15) is 4.79 Å². The van der Waals surface area contributed by atoms with Crippen molar-refractivity contribution in [1.29, 1.82) is 0 Å². The first-order valence-corrected chi connectivity index (χ1v) is 6.51. The van der Waals surface area contributed by atoms with Gasteiger partial charge in [-0.05, 0) is 29.7 Å². The molecule has 1 aromatic heterocycles. The van der Waals surface area contributed by atoms with Gasteiger partial charge in [-0.25, -0.2) is 4.98 Å². The summed E-state index contributed by atoms with van der Waals surface area (Å²) in [6, 6.07) is 7.49. The van der Waals surface area contributed by atoms with Crippen molar-refractivity contribution < 1.29 is 4.74 Å². The van der Waals surface area contributed by atoms with Crippen LogP contribution in [0.15, 0.2) is 29.1 Å². The van der Waals surface area contributed by atoms with Crippen LogP contribution in [0.1, 0.15) is 31.0 Å². The SMILES string of the molecule is CC(C)c1cc(=O)[nH]c(-c2ccc3c(c2)CCO3)n1. The number of hydrogen-bond acceptors (Lipinski definition) is 3. The average Bonchev–Trinajstić information content (AvgIpc) is 2.85. The van der Waals surface area contributed by atoms with Crippen LogP contribution in [0.4, 0.5) is 0 Å². The van der Waals surface area contributed by atoms with Crippen LogP contribution in [-0.2, 0) is 6.42 Å². The van der Waals surface area contributed by atoms with Crippen molar-refractivity contribution in [2.24, 2.45) is 0 Å². The highest BCUT2D eigenvalue weighted by Gasteiger charge is 2.14. The van der Waals surface area contributed by atoms with Gasteiger partial charge in [0.15, 0.2) is 0 Å². The lowest BCUT2D eigenvalue weighted by atomic mass is 10.1. The fourth-order valence-electron chi connectivity index (χ4n) is 2.24. The zero-order valence-electron chi connectivity index (χ0n) is 11.1. The van der Waals surface area contributed by atoms with E-state index in [0.717, 1.165) is 30.0 Å². The first kappa shape index (κ1) is 12.0. The molecule has 0 fully saturated rings. The van der Waals surface area contributed by atoms with E-state index in [2.05, 4.69) is 9.97 Å². The molecule has 4 nitrogen and oxygen atoms in total. The predicted octanol–water partition coefficient (Wildman–Crippen LogP) is 2.50. The normalized spacial score (nSPS) is 13.4. The van der Waals surface area contributed by atoms with E-state index in [1.54, 1.807) is 6.07 Å². The summed E-state index contributed by atoms with van der Waals surface area (Å²) in [6.07, 6.45) is 0.914. The topological polar surface area (TPSA) is 55.0 Å². The van der Waals surface area contributed by atoms with Gasteiger partial charge >= 0.3 is 0 Å². The van der Waals surface area contributed by atoms with E-state index in [-0.39, 0.29) is 11.5 Å². The third-order valence-corrected chi connectivity index (χ3v) is 3.32. The molecule has 0 saturated heterocycles. The molecule has 0 radical (unpaired) electrons. The fourth-order valence-corrected chi connectivity index (χ4v) is 2.24. The van der Waals surface area contributed by atoms with Crippen molar-refractivity contribution in [3.8, 4) is 17.1 Å². The molecule has 19 heavy (non-hydrogen) atoms. The summed E-state index contributed by atoms with van der Waals surface area (Å²) < 4.78 is 5.48. The van der Waals surface area contributed by atoms with Crippen LogP contribution in [0.5, 0.6) is 5.75 Å². The summed E-state index contributed by atoms with van der Waals surface area (Å²) in [7, 11) is 0. The molecule has 2 aromatic rings. The van der Waals surface area contributed by atoms with Gasteiger partial charge in [0.1, 0.15) is 11.6 Å². The number of aromatic amines is 1. The molecule has 0 atom stereocenters. The van der Waals surface area contributed by atoms with Gasteiger partial charge in [-0.15, -0.1) is 0 Å². The van der Waals surface area contributed by atoms with Crippen LogP contribution in [0.25, 0.3) is 11.4 Å². The summed E-state index contributed by atoms with van der Waals surface area (Å²) in [5, 5.41) is 0. The van der Waals surface area contributed by atoms with Gasteiger partial charge in [-0.3, -0.25) is 4.79 Å². The Labute approximate surface area is 111 Å². The lowest BCUT2D eigenvalue weighted by molar-refractivity contribution is 0.357. The Hall–Kier alpha value is -2.10. The third-order valence-electron chi connectivity index (χ3n) is 3.32. The van der Waals surface area contributed by atoms with Gasteiger partial charge < -0.3 is 9.72 Å². The number of hydrogen-bond donors (Lipinski definition) is 1. The quantitative estimate of drug-likeness (QED) is 0.898. The first-order chi connectivity index (χ1) is 9.13. The highest BCUT2D eigenvalue weighted by Crippen LogP contribution is 2.29. The maximum Gasteiger partial charge on any atom is 0.251 e. The number of aromatic nitrogens is 2. The van der Waals surface area contributed by atoms with E-state index in [0.29, 0.717) is 5.82 Å². The second-order valence-electron chi connectivity index (χ2n) is 5.09. The number of nitrogens with zero attached hydrogens (tertiary/aromatic N) is 1. The van der Waals surface area contributed by atoms with Crippen LogP contribution >= 0.6 is 0 Å². The molecule has 0 unspecified atom stereocenters. The molecule has 2 heterocycles. The smallest absolute Gasteiger partial charge is 0.251 e. The van der Waals surface area contributed by atoms with E-state index < -0.39 is 0 Å². The number of benzene rings is 1. The second-order valence-corrected chi connectivity index (χ2v) is 5.09. The van der Waals surface area contributed by atoms with Gasteiger partial charge in [-0.1, -0.05) is 13.8 Å². The Morgan fingerprint density at radius 2 is 2.16 bits per heavy atom. The minimum Gasteiger partial charge on any atom is -0.493 e. The Morgan fingerprint density at radius 3 is 2.95 bits per heavy atom. The monoisotopic (exact) mass is 256 g/mol. The van der Waals surface area contributed by atoms with Crippen LogP contribution < -0.4 is 10.3 Å². The molecule has 1 aliphatic heterocycles. The molecule has 0 aliphatic carbocycles. The van der Waals surface area contributed by atoms with Crippen LogP contribution in [-0.4, -0.2) is 16.6 Å². The number of nitrogens with one attached hydrogen (secondary N) is 1. The molecule has 0 bridgehead atoms. The molecule has 1 aromatic carbocycles. The van der Waals surface area contributed by atoms with E-state index >= 15 is 0 Å². The maximum atomic E-state index is 11.7. The molecule has 0 amide bonds. The third kappa shape index (κ3) is 2.26. The largest absolute Gasteiger partial charge is 0.493 e. The molecule has 98 valence electrons. The van der Waals surface area contributed by atoms with Crippen molar-refractivity contribution in [3.63, 3.8) is 0 Å². The summed E-state index contributed by atoms with van der Waals surface area (Å²) in [5.41, 5.74) is 2.82. The number of fused-ring (bicyclic) bond motifs is 1. The van der Waals surface area contributed by atoms with Crippen LogP contribution in [0, 0.1) is 0 Å². The first-order valence-electron chi connectivity index (χ1n) is 6.51. The van der Waals surface area contributed by atoms with Gasteiger partial charge in [-0.2, -0.15) is 0 Å². The van der Waals surface area contributed by atoms with Gasteiger partial charge in [0, 0.05) is 18.1 Å².